The van der Waals surface area contributed by atoms with Crippen molar-refractivity contribution in [2.75, 3.05) is 19.6 Å². The van der Waals surface area contributed by atoms with Crippen molar-refractivity contribution < 1.29 is 4.79 Å². The van der Waals surface area contributed by atoms with E-state index in [9.17, 15) is 4.79 Å². The average Bonchev–Trinajstić information content (AvgIpc) is 3.12. The molecule has 1 amide bonds. The standard InChI is InChI=1S/C12H19N3O/c13-6-1-7-15-8-4-11(5-9-15)14-12(16)10-2-3-10/h10-11H,1-5,7-9H2,(H,14,16). The van der Waals surface area contributed by atoms with Crippen molar-refractivity contribution >= 4 is 5.91 Å². The summed E-state index contributed by atoms with van der Waals surface area (Å²) in [5.74, 6) is 0.576. The molecule has 0 aromatic carbocycles. The van der Waals surface area contributed by atoms with Gasteiger partial charge in [0.05, 0.1) is 6.07 Å². The van der Waals surface area contributed by atoms with Gasteiger partial charge in [-0.1, -0.05) is 0 Å². The molecular formula is C12H19N3O. The predicted octanol–water partition coefficient (Wildman–Crippen LogP) is 0.891. The van der Waals surface area contributed by atoms with Crippen molar-refractivity contribution in [1.29, 1.82) is 5.26 Å². The molecule has 16 heavy (non-hydrogen) atoms. The summed E-state index contributed by atoms with van der Waals surface area (Å²) in [5, 5.41) is 11.6. The third-order valence-electron chi connectivity index (χ3n) is 3.42. The monoisotopic (exact) mass is 221 g/mol. The highest BCUT2D eigenvalue weighted by molar-refractivity contribution is 5.81. The second-order valence-electron chi connectivity index (χ2n) is 4.81. The lowest BCUT2D eigenvalue weighted by Gasteiger charge is -2.31. The van der Waals surface area contributed by atoms with Gasteiger partial charge in [-0.15, -0.1) is 0 Å². The third-order valence-corrected chi connectivity index (χ3v) is 3.42. The zero-order valence-corrected chi connectivity index (χ0v) is 9.61. The van der Waals surface area contributed by atoms with Gasteiger partial charge in [0.1, 0.15) is 0 Å². The maximum Gasteiger partial charge on any atom is 0.223 e. The largest absolute Gasteiger partial charge is 0.353 e. The van der Waals surface area contributed by atoms with E-state index in [0.717, 1.165) is 45.3 Å². The first-order chi connectivity index (χ1) is 7.79. The van der Waals surface area contributed by atoms with Crippen LogP contribution < -0.4 is 5.32 Å². The Morgan fingerprint density at radius 2 is 2.00 bits per heavy atom. The molecule has 1 aliphatic carbocycles. The highest BCUT2D eigenvalue weighted by Gasteiger charge is 2.31. The van der Waals surface area contributed by atoms with Gasteiger partial charge in [-0.2, -0.15) is 5.26 Å². The molecule has 2 fully saturated rings. The number of hydrogen-bond donors (Lipinski definition) is 1. The third kappa shape index (κ3) is 3.21. The molecule has 2 aliphatic rings. The molecule has 1 heterocycles. The van der Waals surface area contributed by atoms with Gasteiger partial charge < -0.3 is 10.2 Å². The number of carbonyl (C=O) groups excluding carboxylic acids is 1. The molecule has 1 saturated carbocycles. The normalized spacial score (nSPS) is 22.7. The summed E-state index contributed by atoms with van der Waals surface area (Å²) in [4.78, 5) is 13.9. The minimum absolute atomic E-state index is 0.260. The molecule has 0 unspecified atom stereocenters. The first-order valence-corrected chi connectivity index (χ1v) is 6.19. The second-order valence-corrected chi connectivity index (χ2v) is 4.81. The van der Waals surface area contributed by atoms with Crippen LogP contribution >= 0.6 is 0 Å². The van der Waals surface area contributed by atoms with Gasteiger partial charge in [0.2, 0.25) is 5.91 Å². The number of likely N-dealkylation sites (tertiary alicyclic amines) is 1. The van der Waals surface area contributed by atoms with Crippen LogP contribution in [0, 0.1) is 17.2 Å². The highest BCUT2D eigenvalue weighted by Crippen LogP contribution is 2.29. The fourth-order valence-electron chi connectivity index (χ4n) is 2.17. The summed E-state index contributed by atoms with van der Waals surface area (Å²) in [6, 6.07) is 2.54. The summed E-state index contributed by atoms with van der Waals surface area (Å²) < 4.78 is 0. The van der Waals surface area contributed by atoms with Crippen molar-refractivity contribution in [3.63, 3.8) is 0 Å². The van der Waals surface area contributed by atoms with Gasteiger partial charge in [-0.25, -0.2) is 0 Å². The highest BCUT2D eigenvalue weighted by atomic mass is 16.2. The topological polar surface area (TPSA) is 56.1 Å². The Bertz CT molecular complexity index is 285. The van der Waals surface area contributed by atoms with Crippen LogP contribution in [0.4, 0.5) is 0 Å². The molecule has 0 atom stereocenters. The number of piperidine rings is 1. The minimum atomic E-state index is 0.260. The lowest BCUT2D eigenvalue weighted by Crippen LogP contribution is -2.45. The number of rotatable bonds is 4. The zero-order chi connectivity index (χ0) is 11.4. The molecule has 0 bridgehead atoms. The van der Waals surface area contributed by atoms with E-state index in [-0.39, 0.29) is 5.91 Å². The van der Waals surface area contributed by atoms with E-state index in [1.165, 1.54) is 0 Å². The maximum atomic E-state index is 11.6. The summed E-state index contributed by atoms with van der Waals surface area (Å²) in [6.07, 6.45) is 4.83. The zero-order valence-electron chi connectivity index (χ0n) is 9.61. The van der Waals surface area contributed by atoms with E-state index >= 15 is 0 Å². The van der Waals surface area contributed by atoms with Crippen molar-refractivity contribution in [2.24, 2.45) is 5.92 Å². The molecule has 0 radical (unpaired) electrons. The van der Waals surface area contributed by atoms with Crippen LogP contribution in [0.25, 0.3) is 0 Å². The Morgan fingerprint density at radius 3 is 2.56 bits per heavy atom. The minimum Gasteiger partial charge on any atom is -0.353 e. The Hall–Kier alpha value is -1.08. The van der Waals surface area contributed by atoms with Crippen LogP contribution in [0.15, 0.2) is 0 Å². The summed E-state index contributed by atoms with van der Waals surface area (Å²) in [5.41, 5.74) is 0. The van der Waals surface area contributed by atoms with E-state index in [1.54, 1.807) is 0 Å². The van der Waals surface area contributed by atoms with Gasteiger partial charge in [-0.3, -0.25) is 4.79 Å². The molecule has 1 N–H and O–H groups in total. The number of nitrogens with one attached hydrogen (secondary N) is 1. The van der Waals surface area contributed by atoms with Crippen molar-refractivity contribution in [3.8, 4) is 6.07 Å². The van der Waals surface area contributed by atoms with E-state index in [0.29, 0.717) is 18.4 Å². The maximum absolute atomic E-state index is 11.6. The lowest BCUT2D eigenvalue weighted by molar-refractivity contribution is -0.123. The number of carbonyl (C=O) groups is 1. The Kier molecular flexibility index (Phi) is 3.79. The van der Waals surface area contributed by atoms with Crippen molar-refractivity contribution in [1.82, 2.24) is 10.2 Å². The summed E-state index contributed by atoms with van der Waals surface area (Å²) in [6.45, 7) is 2.90. The van der Waals surface area contributed by atoms with Crippen LogP contribution in [-0.4, -0.2) is 36.5 Å². The van der Waals surface area contributed by atoms with Gasteiger partial charge in [0.15, 0.2) is 0 Å². The molecule has 1 saturated heterocycles. The van der Waals surface area contributed by atoms with E-state index in [2.05, 4.69) is 16.3 Å². The SMILES string of the molecule is N#CCCN1CCC(NC(=O)C2CC2)CC1. The average molecular weight is 221 g/mol. The van der Waals surface area contributed by atoms with Crippen LogP contribution in [0.5, 0.6) is 0 Å². The second kappa shape index (κ2) is 5.31. The number of nitrogens with zero attached hydrogens (tertiary/aromatic N) is 2. The summed E-state index contributed by atoms with van der Waals surface area (Å²) in [7, 11) is 0. The number of hydrogen-bond acceptors (Lipinski definition) is 3. The first kappa shape index (κ1) is 11.4. The van der Waals surface area contributed by atoms with Gasteiger partial charge in [0, 0.05) is 38.0 Å². The fraction of sp³-hybridized carbons (Fsp3) is 0.833. The lowest BCUT2D eigenvalue weighted by atomic mass is 10.0. The molecule has 88 valence electrons. The van der Waals surface area contributed by atoms with Crippen molar-refractivity contribution in [3.05, 3.63) is 0 Å². The predicted molar refractivity (Wildman–Crippen MR) is 60.6 cm³/mol. The van der Waals surface area contributed by atoms with Crippen LogP contribution in [0.1, 0.15) is 32.1 Å². The molecule has 0 aromatic heterocycles. The van der Waals surface area contributed by atoms with Crippen LogP contribution in [0.3, 0.4) is 0 Å². The Labute approximate surface area is 96.6 Å². The molecular weight excluding hydrogens is 202 g/mol. The van der Waals surface area contributed by atoms with Crippen LogP contribution in [0.2, 0.25) is 0 Å². The van der Waals surface area contributed by atoms with Crippen LogP contribution in [-0.2, 0) is 4.79 Å². The molecule has 0 aromatic rings. The molecule has 1 aliphatic heterocycles. The number of nitriles is 1. The van der Waals surface area contributed by atoms with E-state index < -0.39 is 0 Å². The van der Waals surface area contributed by atoms with Gasteiger partial charge in [-0.05, 0) is 25.7 Å². The van der Waals surface area contributed by atoms with Gasteiger partial charge in [0.25, 0.3) is 0 Å². The van der Waals surface area contributed by atoms with Gasteiger partial charge >= 0.3 is 0 Å². The molecule has 4 nitrogen and oxygen atoms in total. The van der Waals surface area contributed by atoms with E-state index in [4.69, 9.17) is 5.26 Å². The number of amides is 1. The molecule has 2 rings (SSSR count). The van der Waals surface area contributed by atoms with E-state index in [1.807, 2.05) is 0 Å². The van der Waals surface area contributed by atoms with Crippen molar-refractivity contribution in [2.45, 2.75) is 38.1 Å². The first-order valence-electron chi connectivity index (χ1n) is 6.19. The Morgan fingerprint density at radius 1 is 1.31 bits per heavy atom. The summed E-state index contributed by atoms with van der Waals surface area (Å²) >= 11 is 0. The molecule has 4 heteroatoms. The molecule has 0 spiro atoms. The fourth-order valence-corrected chi connectivity index (χ4v) is 2.17. The quantitative estimate of drug-likeness (QED) is 0.767. The Balaban J connectivity index is 1.64. The smallest absolute Gasteiger partial charge is 0.223 e.